The molecule has 0 saturated carbocycles. The summed E-state index contributed by atoms with van der Waals surface area (Å²) in [5, 5.41) is 10.4. The summed E-state index contributed by atoms with van der Waals surface area (Å²) in [5.74, 6) is 0.279. The van der Waals surface area contributed by atoms with Gasteiger partial charge < -0.3 is 9.84 Å². The molecule has 88 valence electrons. The molecule has 4 nitrogen and oxygen atoms in total. The largest absolute Gasteiger partial charge is 0.481 e. The first-order valence-corrected chi connectivity index (χ1v) is 5.39. The summed E-state index contributed by atoms with van der Waals surface area (Å²) >= 11 is 5.96. The van der Waals surface area contributed by atoms with Crippen LogP contribution in [0.1, 0.15) is 17.2 Å². The van der Waals surface area contributed by atoms with E-state index in [1.807, 2.05) is 18.2 Å². The maximum Gasteiger partial charge on any atom is 0.223 e. The summed E-state index contributed by atoms with van der Waals surface area (Å²) in [6.07, 6.45) is 0.391. The van der Waals surface area contributed by atoms with Gasteiger partial charge in [-0.15, -0.1) is 0 Å². The Hall–Kier alpha value is -1.65. The Labute approximate surface area is 104 Å². The SMILES string of the molecule is COc1ncnc(Cl)c1C(O)c1ccccc1. The molecule has 1 aromatic carbocycles. The van der Waals surface area contributed by atoms with Crippen LogP contribution in [0.25, 0.3) is 0 Å². The van der Waals surface area contributed by atoms with E-state index in [1.54, 1.807) is 12.1 Å². The van der Waals surface area contributed by atoms with E-state index in [2.05, 4.69) is 9.97 Å². The van der Waals surface area contributed by atoms with Gasteiger partial charge in [0.2, 0.25) is 5.88 Å². The number of aliphatic hydroxyl groups is 1. The first-order valence-electron chi connectivity index (χ1n) is 5.01. The minimum absolute atomic E-state index is 0.188. The fraction of sp³-hybridized carbons (Fsp3) is 0.167. The molecule has 0 aliphatic carbocycles. The second kappa shape index (κ2) is 5.12. The molecule has 5 heteroatoms. The number of benzene rings is 1. The van der Waals surface area contributed by atoms with Gasteiger partial charge >= 0.3 is 0 Å². The molecule has 1 N–H and O–H groups in total. The molecular weight excluding hydrogens is 240 g/mol. The van der Waals surface area contributed by atoms with Gasteiger partial charge in [0, 0.05) is 0 Å². The minimum atomic E-state index is -0.903. The third-order valence-corrected chi connectivity index (χ3v) is 2.68. The quantitative estimate of drug-likeness (QED) is 0.849. The Bertz CT molecular complexity index is 505. The van der Waals surface area contributed by atoms with Crippen LogP contribution in [-0.2, 0) is 0 Å². The van der Waals surface area contributed by atoms with Crippen molar-refractivity contribution in [1.82, 2.24) is 9.97 Å². The Kier molecular flexibility index (Phi) is 3.56. The maximum atomic E-state index is 10.2. The lowest BCUT2D eigenvalue weighted by atomic mass is 10.0. The van der Waals surface area contributed by atoms with Gasteiger partial charge in [-0.3, -0.25) is 0 Å². The molecule has 1 heterocycles. The summed E-state index contributed by atoms with van der Waals surface area (Å²) in [5.41, 5.74) is 1.09. The van der Waals surface area contributed by atoms with Crippen LogP contribution in [-0.4, -0.2) is 22.2 Å². The van der Waals surface area contributed by atoms with Crippen LogP contribution in [0.3, 0.4) is 0 Å². The highest BCUT2D eigenvalue weighted by Crippen LogP contribution is 2.32. The number of aliphatic hydroxyl groups excluding tert-OH is 1. The van der Waals surface area contributed by atoms with E-state index in [1.165, 1.54) is 13.4 Å². The minimum Gasteiger partial charge on any atom is -0.481 e. The zero-order chi connectivity index (χ0) is 12.3. The highest BCUT2D eigenvalue weighted by Gasteiger charge is 2.20. The predicted molar refractivity (Wildman–Crippen MR) is 64.1 cm³/mol. The molecule has 0 amide bonds. The van der Waals surface area contributed by atoms with Crippen molar-refractivity contribution in [2.24, 2.45) is 0 Å². The Morgan fingerprint density at radius 2 is 1.94 bits per heavy atom. The third-order valence-electron chi connectivity index (χ3n) is 2.38. The molecule has 1 unspecified atom stereocenters. The molecule has 1 aromatic heterocycles. The van der Waals surface area contributed by atoms with E-state index in [4.69, 9.17) is 16.3 Å². The van der Waals surface area contributed by atoms with E-state index in [9.17, 15) is 5.11 Å². The van der Waals surface area contributed by atoms with Crippen LogP contribution < -0.4 is 4.74 Å². The number of ether oxygens (including phenoxy) is 1. The van der Waals surface area contributed by atoms with Gasteiger partial charge in [-0.25, -0.2) is 9.97 Å². The van der Waals surface area contributed by atoms with Crippen molar-refractivity contribution >= 4 is 11.6 Å². The van der Waals surface area contributed by atoms with Crippen molar-refractivity contribution in [3.8, 4) is 5.88 Å². The lowest BCUT2D eigenvalue weighted by molar-refractivity contribution is 0.213. The fourth-order valence-corrected chi connectivity index (χ4v) is 1.78. The summed E-state index contributed by atoms with van der Waals surface area (Å²) in [4.78, 5) is 7.78. The Balaban J connectivity index is 2.47. The van der Waals surface area contributed by atoms with Crippen molar-refractivity contribution < 1.29 is 9.84 Å². The van der Waals surface area contributed by atoms with Crippen LogP contribution in [0, 0.1) is 0 Å². The second-order valence-electron chi connectivity index (χ2n) is 3.40. The Morgan fingerprint density at radius 3 is 2.59 bits per heavy atom. The zero-order valence-electron chi connectivity index (χ0n) is 9.17. The van der Waals surface area contributed by atoms with Gasteiger partial charge in [-0.2, -0.15) is 0 Å². The standard InChI is InChI=1S/C12H11ClN2O2/c1-17-12-9(11(13)14-7-15-12)10(16)8-5-3-2-4-6-8/h2-7,10,16H,1H3. The van der Waals surface area contributed by atoms with Gasteiger partial charge in [-0.05, 0) is 5.56 Å². The number of rotatable bonds is 3. The van der Waals surface area contributed by atoms with Crippen molar-refractivity contribution in [2.75, 3.05) is 7.11 Å². The van der Waals surface area contributed by atoms with Gasteiger partial charge in [0.1, 0.15) is 17.6 Å². The third kappa shape index (κ3) is 2.38. The van der Waals surface area contributed by atoms with E-state index >= 15 is 0 Å². The molecule has 0 saturated heterocycles. The molecule has 2 rings (SSSR count). The molecule has 0 radical (unpaired) electrons. The van der Waals surface area contributed by atoms with Crippen LogP contribution in [0.15, 0.2) is 36.7 Å². The summed E-state index contributed by atoms with van der Waals surface area (Å²) in [7, 11) is 1.47. The highest BCUT2D eigenvalue weighted by atomic mass is 35.5. The Morgan fingerprint density at radius 1 is 1.24 bits per heavy atom. The first-order chi connectivity index (χ1) is 8.24. The van der Waals surface area contributed by atoms with Crippen LogP contribution in [0.2, 0.25) is 5.15 Å². The number of nitrogens with zero attached hydrogens (tertiary/aromatic N) is 2. The van der Waals surface area contributed by atoms with Crippen LogP contribution >= 0.6 is 11.6 Å². The van der Waals surface area contributed by atoms with E-state index in [-0.39, 0.29) is 11.0 Å². The molecule has 2 aromatic rings. The van der Waals surface area contributed by atoms with E-state index < -0.39 is 6.10 Å². The van der Waals surface area contributed by atoms with E-state index in [0.717, 1.165) is 0 Å². The highest BCUT2D eigenvalue weighted by molar-refractivity contribution is 6.30. The number of aromatic nitrogens is 2. The first kappa shape index (κ1) is 11.8. The topological polar surface area (TPSA) is 55.2 Å². The smallest absolute Gasteiger partial charge is 0.223 e. The fourth-order valence-electron chi connectivity index (χ4n) is 1.55. The van der Waals surface area contributed by atoms with Crippen LogP contribution in [0.4, 0.5) is 0 Å². The molecule has 0 fully saturated rings. The molecule has 0 spiro atoms. The van der Waals surface area contributed by atoms with E-state index in [0.29, 0.717) is 11.1 Å². The summed E-state index contributed by atoms with van der Waals surface area (Å²) < 4.78 is 5.07. The molecule has 0 aliphatic rings. The van der Waals surface area contributed by atoms with Crippen molar-refractivity contribution in [1.29, 1.82) is 0 Å². The van der Waals surface area contributed by atoms with Crippen molar-refractivity contribution in [2.45, 2.75) is 6.10 Å². The average molecular weight is 251 g/mol. The molecular formula is C12H11ClN2O2. The van der Waals surface area contributed by atoms with Crippen molar-refractivity contribution in [3.05, 3.63) is 52.9 Å². The molecule has 0 bridgehead atoms. The summed E-state index contributed by atoms with van der Waals surface area (Å²) in [6, 6.07) is 9.14. The molecule has 0 aliphatic heterocycles. The molecule has 1 atom stereocenters. The lowest BCUT2D eigenvalue weighted by Gasteiger charge is -2.14. The average Bonchev–Trinajstić information content (AvgIpc) is 2.38. The predicted octanol–water partition coefficient (Wildman–Crippen LogP) is 2.22. The number of hydrogen-bond acceptors (Lipinski definition) is 4. The van der Waals surface area contributed by atoms with Gasteiger partial charge in [-0.1, -0.05) is 41.9 Å². The maximum absolute atomic E-state index is 10.2. The zero-order valence-corrected chi connectivity index (χ0v) is 9.93. The summed E-state index contributed by atoms with van der Waals surface area (Å²) in [6.45, 7) is 0. The van der Waals surface area contributed by atoms with Gasteiger partial charge in [0.05, 0.1) is 12.7 Å². The second-order valence-corrected chi connectivity index (χ2v) is 3.76. The van der Waals surface area contributed by atoms with Crippen molar-refractivity contribution in [3.63, 3.8) is 0 Å². The van der Waals surface area contributed by atoms with Crippen LogP contribution in [0.5, 0.6) is 5.88 Å². The molecule has 17 heavy (non-hydrogen) atoms. The normalized spacial score (nSPS) is 12.2. The van der Waals surface area contributed by atoms with Gasteiger partial charge in [0.15, 0.2) is 0 Å². The monoisotopic (exact) mass is 250 g/mol. The lowest BCUT2D eigenvalue weighted by Crippen LogP contribution is -2.05. The number of halogens is 1. The number of methoxy groups -OCH3 is 1. The van der Waals surface area contributed by atoms with Gasteiger partial charge in [0.25, 0.3) is 0 Å². The number of hydrogen-bond donors (Lipinski definition) is 1.